The average Bonchev–Trinajstić information content (AvgIpc) is 2.33. The topological polar surface area (TPSA) is 58.4 Å². The summed E-state index contributed by atoms with van der Waals surface area (Å²) in [7, 11) is 0. The molecular weight excluding hydrogens is 254 g/mol. The van der Waals surface area contributed by atoms with Crippen LogP contribution >= 0.6 is 0 Å². The SMILES string of the molecule is Cc1ccc([N+](=O)[O-])c(NCCN(C(C)C)C(C)C)c1. The van der Waals surface area contributed by atoms with Gasteiger partial charge in [0, 0.05) is 31.2 Å². The molecule has 1 aromatic rings. The smallest absolute Gasteiger partial charge is 0.292 e. The first-order valence-corrected chi connectivity index (χ1v) is 7.07. The molecule has 0 aromatic heterocycles. The lowest BCUT2D eigenvalue weighted by Crippen LogP contribution is -2.40. The molecule has 0 spiro atoms. The third-order valence-electron chi connectivity index (χ3n) is 3.36. The molecule has 0 unspecified atom stereocenters. The summed E-state index contributed by atoms with van der Waals surface area (Å²) < 4.78 is 0. The van der Waals surface area contributed by atoms with Gasteiger partial charge < -0.3 is 5.32 Å². The Morgan fingerprint density at radius 1 is 1.25 bits per heavy atom. The van der Waals surface area contributed by atoms with E-state index in [9.17, 15) is 10.1 Å². The number of nitro groups is 1. The van der Waals surface area contributed by atoms with E-state index < -0.39 is 0 Å². The molecule has 0 saturated heterocycles. The van der Waals surface area contributed by atoms with Gasteiger partial charge in [0.05, 0.1) is 4.92 Å². The van der Waals surface area contributed by atoms with Crippen molar-refractivity contribution < 1.29 is 4.92 Å². The van der Waals surface area contributed by atoms with Gasteiger partial charge in [-0.15, -0.1) is 0 Å². The molecule has 0 aliphatic heterocycles. The molecule has 0 atom stereocenters. The van der Waals surface area contributed by atoms with Crippen molar-refractivity contribution in [3.05, 3.63) is 33.9 Å². The molecule has 0 fully saturated rings. The maximum absolute atomic E-state index is 11.0. The molecule has 5 heteroatoms. The second kappa shape index (κ2) is 7.24. The van der Waals surface area contributed by atoms with E-state index in [1.807, 2.05) is 13.0 Å². The van der Waals surface area contributed by atoms with Crippen LogP contribution in [0.15, 0.2) is 18.2 Å². The minimum absolute atomic E-state index is 0.135. The number of nitrogens with one attached hydrogen (secondary N) is 1. The number of nitrogens with zero attached hydrogens (tertiary/aromatic N) is 2. The number of aryl methyl sites for hydroxylation is 1. The minimum Gasteiger partial charge on any atom is -0.378 e. The van der Waals surface area contributed by atoms with Crippen molar-refractivity contribution in [2.24, 2.45) is 0 Å². The van der Waals surface area contributed by atoms with Crippen molar-refractivity contribution in [2.45, 2.75) is 46.7 Å². The Hall–Kier alpha value is -1.62. The van der Waals surface area contributed by atoms with Crippen LogP contribution in [0.1, 0.15) is 33.3 Å². The zero-order valence-electron chi connectivity index (χ0n) is 13.0. The van der Waals surface area contributed by atoms with Crippen LogP contribution in [0.25, 0.3) is 0 Å². The highest BCUT2D eigenvalue weighted by atomic mass is 16.6. The third-order valence-corrected chi connectivity index (χ3v) is 3.36. The van der Waals surface area contributed by atoms with Gasteiger partial charge in [0.15, 0.2) is 0 Å². The van der Waals surface area contributed by atoms with Crippen molar-refractivity contribution in [1.82, 2.24) is 4.90 Å². The monoisotopic (exact) mass is 279 g/mol. The van der Waals surface area contributed by atoms with Crippen LogP contribution in [-0.2, 0) is 0 Å². The normalized spacial score (nSPS) is 11.4. The Bertz CT molecular complexity index is 450. The lowest BCUT2D eigenvalue weighted by Gasteiger charge is -2.30. The molecule has 0 heterocycles. The van der Waals surface area contributed by atoms with Gasteiger partial charge in [0.25, 0.3) is 5.69 Å². The van der Waals surface area contributed by atoms with E-state index in [1.54, 1.807) is 12.1 Å². The van der Waals surface area contributed by atoms with E-state index in [1.165, 1.54) is 0 Å². The van der Waals surface area contributed by atoms with Crippen LogP contribution in [0.2, 0.25) is 0 Å². The first-order chi connectivity index (χ1) is 9.32. The van der Waals surface area contributed by atoms with Crippen molar-refractivity contribution in [3.8, 4) is 0 Å². The second-order valence-corrected chi connectivity index (χ2v) is 5.63. The molecule has 5 nitrogen and oxygen atoms in total. The molecule has 0 aliphatic carbocycles. The summed E-state index contributed by atoms with van der Waals surface area (Å²) in [6, 6.07) is 6.07. The van der Waals surface area contributed by atoms with Gasteiger partial charge >= 0.3 is 0 Å². The van der Waals surface area contributed by atoms with E-state index in [4.69, 9.17) is 0 Å². The van der Waals surface area contributed by atoms with Gasteiger partial charge in [-0.2, -0.15) is 0 Å². The molecule has 0 amide bonds. The van der Waals surface area contributed by atoms with E-state index in [-0.39, 0.29) is 10.6 Å². The zero-order valence-corrected chi connectivity index (χ0v) is 13.0. The lowest BCUT2D eigenvalue weighted by atomic mass is 10.2. The average molecular weight is 279 g/mol. The van der Waals surface area contributed by atoms with Crippen LogP contribution < -0.4 is 5.32 Å². The van der Waals surface area contributed by atoms with E-state index in [0.29, 0.717) is 24.3 Å². The fraction of sp³-hybridized carbons (Fsp3) is 0.600. The quantitative estimate of drug-likeness (QED) is 0.613. The Morgan fingerprint density at radius 2 is 1.85 bits per heavy atom. The van der Waals surface area contributed by atoms with Gasteiger partial charge in [-0.3, -0.25) is 15.0 Å². The first-order valence-electron chi connectivity index (χ1n) is 7.07. The van der Waals surface area contributed by atoms with Crippen molar-refractivity contribution in [1.29, 1.82) is 0 Å². The lowest BCUT2D eigenvalue weighted by molar-refractivity contribution is -0.384. The highest BCUT2D eigenvalue weighted by Gasteiger charge is 2.15. The molecule has 0 radical (unpaired) electrons. The number of hydrogen-bond donors (Lipinski definition) is 1. The molecule has 0 saturated carbocycles. The largest absolute Gasteiger partial charge is 0.378 e. The predicted molar refractivity (Wildman–Crippen MR) is 83.3 cm³/mol. The molecule has 0 bridgehead atoms. The molecule has 112 valence electrons. The maximum Gasteiger partial charge on any atom is 0.292 e. The Morgan fingerprint density at radius 3 is 2.35 bits per heavy atom. The fourth-order valence-electron chi connectivity index (χ4n) is 2.38. The van der Waals surface area contributed by atoms with Gasteiger partial charge in [-0.25, -0.2) is 0 Å². The van der Waals surface area contributed by atoms with Crippen LogP contribution in [-0.4, -0.2) is 35.0 Å². The van der Waals surface area contributed by atoms with Crippen molar-refractivity contribution >= 4 is 11.4 Å². The highest BCUT2D eigenvalue weighted by molar-refractivity contribution is 5.62. The third kappa shape index (κ3) is 4.49. The van der Waals surface area contributed by atoms with Crippen molar-refractivity contribution in [2.75, 3.05) is 18.4 Å². The maximum atomic E-state index is 11.0. The van der Waals surface area contributed by atoms with Crippen LogP contribution in [0.3, 0.4) is 0 Å². The molecule has 20 heavy (non-hydrogen) atoms. The summed E-state index contributed by atoms with van der Waals surface area (Å²) in [5.74, 6) is 0. The molecule has 1 N–H and O–H groups in total. The number of benzene rings is 1. The first kappa shape index (κ1) is 16.4. The number of anilines is 1. The van der Waals surface area contributed by atoms with Gasteiger partial charge in [-0.1, -0.05) is 6.07 Å². The van der Waals surface area contributed by atoms with Gasteiger partial charge in [-0.05, 0) is 46.2 Å². The van der Waals surface area contributed by atoms with Crippen LogP contribution in [0.5, 0.6) is 0 Å². The standard InChI is InChI=1S/C15H25N3O2/c1-11(2)17(12(3)4)9-8-16-14-10-13(5)6-7-15(14)18(19)20/h6-7,10-12,16H,8-9H2,1-5H3. The van der Waals surface area contributed by atoms with Crippen molar-refractivity contribution in [3.63, 3.8) is 0 Å². The molecule has 1 rings (SSSR count). The molecule has 0 aliphatic rings. The zero-order chi connectivity index (χ0) is 15.3. The van der Waals surface area contributed by atoms with Gasteiger partial charge in [0.1, 0.15) is 5.69 Å². The van der Waals surface area contributed by atoms with E-state index in [2.05, 4.69) is 37.9 Å². The molecule has 1 aromatic carbocycles. The highest BCUT2D eigenvalue weighted by Crippen LogP contribution is 2.25. The Kier molecular flexibility index (Phi) is 5.95. The van der Waals surface area contributed by atoms with E-state index in [0.717, 1.165) is 12.1 Å². The number of nitro benzene ring substituents is 1. The summed E-state index contributed by atoms with van der Waals surface area (Å²) in [4.78, 5) is 13.0. The minimum atomic E-state index is -0.343. The summed E-state index contributed by atoms with van der Waals surface area (Å²) in [5.41, 5.74) is 1.75. The summed E-state index contributed by atoms with van der Waals surface area (Å²) in [6.45, 7) is 12.1. The summed E-state index contributed by atoms with van der Waals surface area (Å²) in [6.07, 6.45) is 0. The Balaban J connectivity index is 2.70. The van der Waals surface area contributed by atoms with Crippen LogP contribution in [0.4, 0.5) is 11.4 Å². The molecular formula is C15H25N3O2. The predicted octanol–water partition coefficient (Wildman–Crippen LogP) is 3.43. The van der Waals surface area contributed by atoms with Gasteiger partial charge in [0.2, 0.25) is 0 Å². The van der Waals surface area contributed by atoms with Crippen LogP contribution in [0, 0.1) is 17.0 Å². The summed E-state index contributed by atoms with van der Waals surface area (Å²) in [5, 5.41) is 14.2. The number of rotatable bonds is 7. The summed E-state index contributed by atoms with van der Waals surface area (Å²) >= 11 is 0. The second-order valence-electron chi connectivity index (χ2n) is 5.63. The fourth-order valence-corrected chi connectivity index (χ4v) is 2.38. The number of hydrogen-bond acceptors (Lipinski definition) is 4. The van der Waals surface area contributed by atoms with E-state index >= 15 is 0 Å². The Labute approximate surface area is 121 Å².